The average Bonchev–Trinajstić information content (AvgIpc) is 3.12. The molecule has 0 saturated carbocycles. The van der Waals surface area contributed by atoms with Gasteiger partial charge in [-0.2, -0.15) is 4.99 Å². The smallest absolute Gasteiger partial charge is 0.280 e. The second-order valence-corrected chi connectivity index (χ2v) is 6.77. The third-order valence-electron chi connectivity index (χ3n) is 3.44. The van der Waals surface area contributed by atoms with Crippen LogP contribution in [0, 0.1) is 0 Å². The molecule has 2 aliphatic rings. The lowest BCUT2D eigenvalue weighted by Crippen LogP contribution is -2.26. The quantitative estimate of drug-likeness (QED) is 0.757. The van der Waals surface area contributed by atoms with Crippen molar-refractivity contribution in [3.63, 3.8) is 0 Å². The molecule has 104 valence electrons. The molecule has 1 saturated heterocycles. The Labute approximate surface area is 129 Å². The van der Waals surface area contributed by atoms with E-state index in [1.165, 1.54) is 10.8 Å². The lowest BCUT2D eigenvalue weighted by atomic mass is 10.0. The molecule has 2 aliphatic heterocycles. The van der Waals surface area contributed by atoms with Gasteiger partial charge in [0.05, 0.1) is 6.54 Å². The zero-order chi connectivity index (χ0) is 14.2. The third kappa shape index (κ3) is 2.24. The molecule has 21 heavy (non-hydrogen) atoms. The number of amidine groups is 2. The average molecular weight is 313 g/mol. The summed E-state index contributed by atoms with van der Waals surface area (Å²) in [5.74, 6) is -0.192. The minimum atomic E-state index is -0.192. The number of aliphatic imine (C=N–C) groups is 2. The predicted molar refractivity (Wildman–Crippen MR) is 89.9 cm³/mol. The van der Waals surface area contributed by atoms with Crippen molar-refractivity contribution in [2.24, 2.45) is 9.98 Å². The van der Waals surface area contributed by atoms with E-state index in [1.807, 2.05) is 47.4 Å². The molecule has 0 atom stereocenters. The molecule has 4 nitrogen and oxygen atoms in total. The maximum absolute atomic E-state index is 12.5. The van der Waals surface area contributed by atoms with Crippen molar-refractivity contribution in [2.45, 2.75) is 0 Å². The molecule has 2 aromatic rings. The van der Waals surface area contributed by atoms with Crippen LogP contribution in [0.5, 0.6) is 0 Å². The van der Waals surface area contributed by atoms with Gasteiger partial charge < -0.3 is 0 Å². The van der Waals surface area contributed by atoms with E-state index < -0.39 is 0 Å². The first kappa shape index (κ1) is 12.9. The Balaban J connectivity index is 1.73. The van der Waals surface area contributed by atoms with Gasteiger partial charge in [-0.05, 0) is 38.4 Å². The molecule has 2 heterocycles. The summed E-state index contributed by atoms with van der Waals surface area (Å²) in [6.07, 6.45) is 0. The highest BCUT2D eigenvalue weighted by Gasteiger charge is 2.31. The van der Waals surface area contributed by atoms with Gasteiger partial charge in [0, 0.05) is 12.1 Å². The summed E-state index contributed by atoms with van der Waals surface area (Å²) in [5.41, 5.74) is 0.649. The van der Waals surface area contributed by atoms with Gasteiger partial charge in [-0.1, -0.05) is 36.4 Å². The van der Waals surface area contributed by atoms with E-state index in [0.717, 1.165) is 34.2 Å². The van der Waals surface area contributed by atoms with Gasteiger partial charge in [-0.15, -0.1) is 0 Å². The van der Waals surface area contributed by atoms with E-state index in [-0.39, 0.29) is 5.91 Å². The van der Waals surface area contributed by atoms with Crippen molar-refractivity contribution >= 4 is 48.6 Å². The molecule has 0 aliphatic carbocycles. The molecular weight excluding hydrogens is 302 g/mol. The number of fused-ring (bicyclic) bond motifs is 2. The minimum absolute atomic E-state index is 0.192. The van der Waals surface area contributed by atoms with Crippen LogP contribution in [0.25, 0.3) is 10.8 Å². The Hall–Kier alpha value is -1.79. The Morgan fingerprint density at radius 1 is 1.14 bits per heavy atom. The molecule has 0 bridgehead atoms. The summed E-state index contributed by atoms with van der Waals surface area (Å²) in [6, 6.07) is 13.6. The van der Waals surface area contributed by atoms with Crippen LogP contribution in [0.15, 0.2) is 52.4 Å². The van der Waals surface area contributed by atoms with Crippen LogP contribution < -0.4 is 0 Å². The summed E-state index contributed by atoms with van der Waals surface area (Å²) in [6.45, 7) is 1.60. The largest absolute Gasteiger partial charge is 0.297 e. The first-order valence-electron chi connectivity index (χ1n) is 6.60. The van der Waals surface area contributed by atoms with E-state index >= 15 is 0 Å². The van der Waals surface area contributed by atoms with Crippen molar-refractivity contribution in [3.05, 3.63) is 48.0 Å². The number of hydrogen-bond donors (Lipinski definition) is 0. The number of amides is 1. The first-order valence-corrected chi connectivity index (χ1v) is 8.75. The molecule has 0 aromatic heterocycles. The zero-order valence-electron chi connectivity index (χ0n) is 11.0. The molecule has 6 heteroatoms. The van der Waals surface area contributed by atoms with Crippen molar-refractivity contribution < 1.29 is 4.79 Å². The third-order valence-corrected chi connectivity index (χ3v) is 5.63. The Morgan fingerprint density at radius 2 is 2.00 bits per heavy atom. The topological polar surface area (TPSA) is 45.0 Å². The second kappa shape index (κ2) is 5.20. The maximum Gasteiger partial charge on any atom is 0.280 e. The van der Waals surface area contributed by atoms with Crippen LogP contribution in [0.2, 0.25) is 0 Å². The van der Waals surface area contributed by atoms with Crippen LogP contribution in [0.4, 0.5) is 0 Å². The van der Waals surface area contributed by atoms with Crippen LogP contribution in [-0.2, 0) is 0 Å². The molecule has 0 unspecified atom stereocenters. The van der Waals surface area contributed by atoms with Gasteiger partial charge in [0.1, 0.15) is 0 Å². The van der Waals surface area contributed by atoms with Gasteiger partial charge in [-0.25, -0.2) is 0 Å². The van der Waals surface area contributed by atoms with E-state index in [0.29, 0.717) is 5.56 Å². The lowest BCUT2D eigenvalue weighted by molar-refractivity contribution is 0.100. The van der Waals surface area contributed by atoms with Gasteiger partial charge in [0.25, 0.3) is 5.91 Å². The van der Waals surface area contributed by atoms with Crippen LogP contribution in [0.3, 0.4) is 0 Å². The van der Waals surface area contributed by atoms with Crippen LogP contribution >= 0.6 is 21.6 Å². The van der Waals surface area contributed by atoms with E-state index in [1.54, 1.807) is 10.8 Å². The summed E-state index contributed by atoms with van der Waals surface area (Å²) < 4.78 is 0. The van der Waals surface area contributed by atoms with E-state index in [2.05, 4.69) is 9.98 Å². The lowest BCUT2D eigenvalue weighted by Gasteiger charge is -2.10. The molecular formula is C15H11N3OS2. The van der Waals surface area contributed by atoms with Crippen molar-refractivity contribution in [2.75, 3.05) is 13.1 Å². The first-order chi connectivity index (χ1) is 10.3. The highest BCUT2D eigenvalue weighted by Crippen LogP contribution is 2.38. The molecule has 2 aromatic carbocycles. The number of carbonyl (C=O) groups excluding carboxylic acids is 1. The molecule has 1 amide bonds. The molecule has 1 fully saturated rings. The fraction of sp³-hybridized carbons (Fsp3) is 0.133. The van der Waals surface area contributed by atoms with Gasteiger partial charge in [0.15, 0.2) is 10.3 Å². The number of rotatable bonds is 1. The van der Waals surface area contributed by atoms with Crippen molar-refractivity contribution in [3.8, 4) is 0 Å². The highest BCUT2D eigenvalue weighted by molar-refractivity contribution is 8.88. The van der Waals surface area contributed by atoms with E-state index in [4.69, 9.17) is 0 Å². The maximum atomic E-state index is 12.5. The van der Waals surface area contributed by atoms with Crippen LogP contribution in [0.1, 0.15) is 10.4 Å². The number of benzene rings is 2. The monoisotopic (exact) mass is 313 g/mol. The Kier molecular flexibility index (Phi) is 3.20. The summed E-state index contributed by atoms with van der Waals surface area (Å²) in [4.78, 5) is 23.2. The number of carbonyl (C=O) groups is 1. The minimum Gasteiger partial charge on any atom is -0.297 e. The molecule has 0 radical (unpaired) electrons. The fourth-order valence-electron chi connectivity index (χ4n) is 2.43. The van der Waals surface area contributed by atoms with Crippen molar-refractivity contribution in [1.29, 1.82) is 0 Å². The molecule has 0 spiro atoms. The molecule has 4 rings (SSSR count). The van der Waals surface area contributed by atoms with Gasteiger partial charge in [0.2, 0.25) is 0 Å². The van der Waals surface area contributed by atoms with Gasteiger partial charge >= 0.3 is 0 Å². The summed E-state index contributed by atoms with van der Waals surface area (Å²) >= 11 is 0. The SMILES string of the molecule is O=C(N=C1SSC2=NCCN21)c1cccc2ccccc12. The van der Waals surface area contributed by atoms with Gasteiger partial charge in [-0.3, -0.25) is 14.7 Å². The number of nitrogens with zero attached hydrogens (tertiary/aromatic N) is 3. The zero-order valence-corrected chi connectivity index (χ0v) is 12.7. The second-order valence-electron chi connectivity index (χ2n) is 4.71. The summed E-state index contributed by atoms with van der Waals surface area (Å²) in [7, 11) is 3.08. The predicted octanol–water partition coefficient (Wildman–Crippen LogP) is 3.40. The van der Waals surface area contributed by atoms with E-state index in [9.17, 15) is 4.79 Å². The Morgan fingerprint density at radius 3 is 2.95 bits per heavy atom. The standard InChI is InChI=1S/C15H11N3OS2/c19-13(17-15-18-9-8-16-14(18)20-21-15)12-7-3-5-10-4-1-2-6-11(10)12/h1-7H,8-9H2. The normalized spacial score (nSPS) is 19.1. The van der Waals surface area contributed by atoms with Crippen LogP contribution in [-0.4, -0.2) is 34.2 Å². The number of hydrogen-bond acceptors (Lipinski definition) is 4. The van der Waals surface area contributed by atoms with Crippen molar-refractivity contribution in [1.82, 2.24) is 4.90 Å². The fourth-order valence-corrected chi connectivity index (χ4v) is 4.70. The summed E-state index contributed by atoms with van der Waals surface area (Å²) in [5, 5.41) is 3.71. The Bertz CT molecular complexity index is 795. The molecule has 0 N–H and O–H groups in total. The highest BCUT2D eigenvalue weighted by atomic mass is 33.1.